The van der Waals surface area contributed by atoms with Crippen molar-refractivity contribution < 1.29 is 19.5 Å². The number of hydrogen-bond donors (Lipinski definition) is 2. The van der Waals surface area contributed by atoms with E-state index in [0.717, 1.165) is 25.7 Å². The number of nitrogens with two attached hydrogens (primary N) is 1. The van der Waals surface area contributed by atoms with Gasteiger partial charge in [0, 0.05) is 24.8 Å². The predicted octanol–water partition coefficient (Wildman–Crippen LogP) is 3.30. The van der Waals surface area contributed by atoms with Crippen LogP contribution < -0.4 is 5.73 Å². The Bertz CT molecular complexity index is 740. The summed E-state index contributed by atoms with van der Waals surface area (Å²) in [7, 11) is 0. The number of nitrogens with zero attached hydrogens (tertiary/aromatic N) is 1. The molecule has 3 aliphatic carbocycles. The molecule has 1 heterocycles. The zero-order valence-electron chi connectivity index (χ0n) is 20.1. The molecule has 6 nitrogen and oxygen atoms in total. The standard InChI is InChI=1S/C26H42N2O4/c1-15(17-10-5-4-6-11-17)25(32)28-14-19-21(26(19,2)3)22(28)20(29)13-18(23(30)24(27)31)12-16-8-7-9-16/h15-19,21-23,30H,4-14H2,1-3H3,(H2,27,31)/t15-,18?,19-,21-,22+,23?/m0/s1. The molecule has 32 heavy (non-hydrogen) atoms. The number of amides is 2. The molecule has 6 atom stereocenters. The van der Waals surface area contributed by atoms with E-state index in [2.05, 4.69) is 13.8 Å². The molecule has 3 saturated carbocycles. The number of carbonyl (C=O) groups excluding carboxylic acids is 3. The maximum Gasteiger partial charge on any atom is 0.246 e. The van der Waals surface area contributed by atoms with Gasteiger partial charge in [-0.15, -0.1) is 0 Å². The molecule has 4 fully saturated rings. The number of fused-ring (bicyclic) bond motifs is 1. The number of primary amides is 1. The van der Waals surface area contributed by atoms with Gasteiger partial charge in [-0.2, -0.15) is 0 Å². The van der Waals surface area contributed by atoms with Crippen molar-refractivity contribution in [2.24, 2.45) is 46.7 Å². The van der Waals surface area contributed by atoms with E-state index >= 15 is 0 Å². The Morgan fingerprint density at radius 1 is 1.06 bits per heavy atom. The number of hydrogen-bond acceptors (Lipinski definition) is 4. The van der Waals surface area contributed by atoms with Gasteiger partial charge in [0.2, 0.25) is 11.8 Å². The fourth-order valence-corrected chi connectivity index (χ4v) is 7.07. The maximum atomic E-state index is 13.7. The van der Waals surface area contributed by atoms with Crippen LogP contribution in [0.1, 0.15) is 85.0 Å². The second-order valence-electron chi connectivity index (χ2n) is 11.9. The summed E-state index contributed by atoms with van der Waals surface area (Å²) in [6.45, 7) is 7.10. The minimum Gasteiger partial charge on any atom is -0.383 e. The van der Waals surface area contributed by atoms with E-state index in [1.807, 2.05) is 11.8 Å². The van der Waals surface area contributed by atoms with Crippen molar-refractivity contribution in [3.63, 3.8) is 0 Å². The SMILES string of the molecule is C[C@H](C(=O)N1C[C@H]2[C@@H]([C@H]1C(=O)CC(CC1CCC1)C(O)C(N)=O)C2(C)C)C1CCCCC1. The molecule has 180 valence electrons. The summed E-state index contributed by atoms with van der Waals surface area (Å²) in [5.74, 6) is 0.322. The highest BCUT2D eigenvalue weighted by Gasteiger charge is 2.69. The molecule has 4 rings (SSSR count). The second-order valence-corrected chi connectivity index (χ2v) is 11.9. The van der Waals surface area contributed by atoms with Gasteiger partial charge in [0.25, 0.3) is 0 Å². The summed E-state index contributed by atoms with van der Waals surface area (Å²) >= 11 is 0. The number of likely N-dealkylation sites (tertiary alicyclic amines) is 1. The van der Waals surface area contributed by atoms with Crippen molar-refractivity contribution in [3.8, 4) is 0 Å². The van der Waals surface area contributed by atoms with Gasteiger partial charge in [-0.25, -0.2) is 0 Å². The third-order valence-electron chi connectivity index (χ3n) is 9.63. The van der Waals surface area contributed by atoms with Crippen molar-refractivity contribution in [3.05, 3.63) is 0 Å². The van der Waals surface area contributed by atoms with Crippen LogP contribution in [0.5, 0.6) is 0 Å². The highest BCUT2D eigenvalue weighted by Crippen LogP contribution is 2.65. The van der Waals surface area contributed by atoms with Crippen molar-refractivity contribution in [2.45, 2.75) is 97.1 Å². The zero-order valence-corrected chi connectivity index (χ0v) is 20.1. The lowest BCUT2D eigenvalue weighted by molar-refractivity contribution is -0.145. The van der Waals surface area contributed by atoms with Crippen LogP contribution in [0.25, 0.3) is 0 Å². The van der Waals surface area contributed by atoms with Crippen LogP contribution in [-0.4, -0.2) is 46.3 Å². The first-order valence-corrected chi connectivity index (χ1v) is 12.9. The highest BCUT2D eigenvalue weighted by atomic mass is 16.3. The molecular formula is C26H42N2O4. The van der Waals surface area contributed by atoms with Crippen LogP contribution in [0.2, 0.25) is 0 Å². The Kier molecular flexibility index (Phi) is 6.73. The third kappa shape index (κ3) is 4.36. The molecule has 4 aliphatic rings. The van der Waals surface area contributed by atoms with Gasteiger partial charge in [0.15, 0.2) is 5.78 Å². The molecule has 1 aliphatic heterocycles. The minimum atomic E-state index is -1.30. The Morgan fingerprint density at radius 3 is 2.28 bits per heavy atom. The lowest BCUT2D eigenvalue weighted by atomic mass is 9.75. The molecule has 1 saturated heterocycles. The Hall–Kier alpha value is -1.43. The maximum absolute atomic E-state index is 13.7. The van der Waals surface area contributed by atoms with E-state index in [1.165, 1.54) is 25.7 Å². The van der Waals surface area contributed by atoms with Crippen LogP contribution in [0.3, 0.4) is 0 Å². The Balaban J connectivity index is 1.49. The number of aliphatic hydroxyl groups excluding tert-OH is 1. The fraction of sp³-hybridized carbons (Fsp3) is 0.885. The smallest absolute Gasteiger partial charge is 0.246 e. The molecule has 0 bridgehead atoms. The second kappa shape index (κ2) is 9.08. The number of Topliss-reactive ketones (excluding diaryl/α,β-unsaturated/α-hetero) is 1. The van der Waals surface area contributed by atoms with Gasteiger partial charge in [0.1, 0.15) is 6.10 Å². The van der Waals surface area contributed by atoms with E-state index in [4.69, 9.17) is 5.73 Å². The molecule has 0 aromatic rings. The average molecular weight is 447 g/mol. The lowest BCUT2D eigenvalue weighted by Gasteiger charge is -2.36. The number of rotatable bonds is 9. The Labute approximate surface area is 192 Å². The number of piperidine rings is 1. The summed E-state index contributed by atoms with van der Waals surface area (Å²) in [6, 6.07) is -0.419. The average Bonchev–Trinajstić information content (AvgIpc) is 3.08. The number of ketones is 1. The molecule has 2 amide bonds. The molecule has 0 aromatic heterocycles. The first kappa shape index (κ1) is 23.7. The highest BCUT2D eigenvalue weighted by molar-refractivity contribution is 5.92. The topological polar surface area (TPSA) is 101 Å². The van der Waals surface area contributed by atoms with Gasteiger partial charge >= 0.3 is 0 Å². The van der Waals surface area contributed by atoms with Gasteiger partial charge in [0.05, 0.1) is 6.04 Å². The minimum absolute atomic E-state index is 0.0110. The molecule has 2 unspecified atom stereocenters. The summed E-state index contributed by atoms with van der Waals surface area (Å²) in [5, 5.41) is 10.5. The van der Waals surface area contributed by atoms with Crippen molar-refractivity contribution in [1.29, 1.82) is 0 Å². The van der Waals surface area contributed by atoms with E-state index < -0.39 is 24.0 Å². The summed E-state index contributed by atoms with van der Waals surface area (Å²) in [6.07, 6.45) is 8.67. The van der Waals surface area contributed by atoms with Crippen LogP contribution >= 0.6 is 0 Å². The predicted molar refractivity (Wildman–Crippen MR) is 122 cm³/mol. The summed E-state index contributed by atoms with van der Waals surface area (Å²) in [5.41, 5.74) is 5.48. The van der Waals surface area contributed by atoms with Gasteiger partial charge in [-0.1, -0.05) is 59.3 Å². The largest absolute Gasteiger partial charge is 0.383 e. The monoisotopic (exact) mass is 446 g/mol. The third-order valence-corrected chi connectivity index (χ3v) is 9.63. The Morgan fingerprint density at radius 2 is 1.72 bits per heavy atom. The molecule has 0 radical (unpaired) electrons. The van der Waals surface area contributed by atoms with Crippen molar-refractivity contribution >= 4 is 17.6 Å². The first-order valence-electron chi connectivity index (χ1n) is 12.9. The van der Waals surface area contributed by atoms with E-state index in [0.29, 0.717) is 30.7 Å². The molecule has 0 aromatic carbocycles. The van der Waals surface area contributed by atoms with E-state index in [-0.39, 0.29) is 35.4 Å². The fourth-order valence-electron chi connectivity index (χ4n) is 7.07. The van der Waals surface area contributed by atoms with Crippen LogP contribution in [0, 0.1) is 40.9 Å². The quantitative estimate of drug-likeness (QED) is 0.567. The van der Waals surface area contributed by atoms with Crippen LogP contribution in [0.15, 0.2) is 0 Å². The van der Waals surface area contributed by atoms with E-state index in [9.17, 15) is 19.5 Å². The van der Waals surface area contributed by atoms with Gasteiger partial charge in [-0.3, -0.25) is 14.4 Å². The number of carbonyl (C=O) groups is 3. The van der Waals surface area contributed by atoms with Gasteiger partial charge < -0.3 is 15.7 Å². The van der Waals surface area contributed by atoms with E-state index in [1.54, 1.807) is 0 Å². The number of aliphatic hydroxyl groups is 1. The summed E-state index contributed by atoms with van der Waals surface area (Å²) < 4.78 is 0. The van der Waals surface area contributed by atoms with Crippen molar-refractivity contribution in [1.82, 2.24) is 4.90 Å². The van der Waals surface area contributed by atoms with Gasteiger partial charge in [-0.05, 0) is 48.3 Å². The molecular weight excluding hydrogens is 404 g/mol. The summed E-state index contributed by atoms with van der Waals surface area (Å²) in [4.78, 5) is 40.8. The normalized spacial score (nSPS) is 32.5. The molecule has 6 heteroatoms. The van der Waals surface area contributed by atoms with Crippen molar-refractivity contribution in [2.75, 3.05) is 6.54 Å². The molecule has 0 spiro atoms. The van der Waals surface area contributed by atoms with Crippen LogP contribution in [-0.2, 0) is 14.4 Å². The lowest BCUT2D eigenvalue weighted by Crippen LogP contribution is -2.49. The zero-order chi connectivity index (χ0) is 23.2. The first-order chi connectivity index (χ1) is 15.1. The molecule has 3 N–H and O–H groups in total. The van der Waals surface area contributed by atoms with Crippen LogP contribution in [0.4, 0.5) is 0 Å².